The second-order valence-electron chi connectivity index (χ2n) is 10.3. The zero-order chi connectivity index (χ0) is 34.6. The largest absolute Gasteiger partial charge is 0.388 e. The fraction of sp³-hybridized carbons (Fsp3) is 0.214. The minimum absolute atomic E-state index is 0. The Morgan fingerprint density at radius 1 is 0.750 bits per heavy atom. The van der Waals surface area contributed by atoms with Gasteiger partial charge in [0.1, 0.15) is 22.8 Å². The highest BCUT2D eigenvalue weighted by Gasteiger charge is 2.21. The number of aryl methyl sites for hydroxylation is 4. The minimum atomic E-state index is -0.554. The van der Waals surface area contributed by atoms with E-state index in [1.165, 1.54) is 56.0 Å². The maximum absolute atomic E-state index is 13.1. The molecule has 4 heterocycles. The molecule has 4 aromatic rings. The number of aromatic nitrogens is 6. The van der Waals surface area contributed by atoms with Crippen molar-refractivity contribution in [2.45, 2.75) is 6.42 Å². The van der Waals surface area contributed by atoms with Crippen LogP contribution in [0.15, 0.2) is 47.7 Å². The molecule has 48 heavy (non-hydrogen) atoms. The molecule has 0 unspecified atom stereocenters. The highest BCUT2D eigenvalue weighted by atomic mass is 79.9. The van der Waals surface area contributed by atoms with Gasteiger partial charge in [-0.1, -0.05) is 6.58 Å². The molecule has 254 valence electrons. The normalized spacial score (nSPS) is 10.4. The summed E-state index contributed by atoms with van der Waals surface area (Å²) in [6.45, 7) is 3.68. The summed E-state index contributed by atoms with van der Waals surface area (Å²) in [6, 6.07) is 5.73. The first-order valence-electron chi connectivity index (χ1n) is 13.7. The van der Waals surface area contributed by atoms with Gasteiger partial charge in [-0.2, -0.15) is 10.2 Å². The molecule has 0 spiro atoms. The average Bonchev–Trinajstić information content (AvgIpc) is 3.73. The van der Waals surface area contributed by atoms with Gasteiger partial charge < -0.3 is 41.5 Å². The van der Waals surface area contributed by atoms with Gasteiger partial charge in [-0.3, -0.25) is 38.7 Å². The molecule has 0 aliphatic rings. The zero-order valence-corrected chi connectivity index (χ0v) is 28.6. The number of hydrogen-bond donors (Lipinski definition) is 7. The molecule has 0 saturated heterocycles. The standard InChI is InChI=1S/C28H32BrN13O5.ClH/c1-14(29)24(43)33-15-8-17(39(2)12-15)26(45)36-23-11-20(42(5)38-23)28(47)34-16-9-18(40(3)13-16)27(46)35-22-10-19(41(4)37-22)25(44)32-7-6-21(30)31;/h8-13H,1,6-7H2,2-5H3,(H3,30,31)(H,32,44)(H,33,43)(H,34,47)(H,35,37,46)(H,36,38,45);1H. The van der Waals surface area contributed by atoms with E-state index in [4.69, 9.17) is 11.1 Å². The predicted molar refractivity (Wildman–Crippen MR) is 184 cm³/mol. The summed E-state index contributed by atoms with van der Waals surface area (Å²) in [4.78, 5) is 63.3. The number of nitrogens with zero attached hydrogens (tertiary/aromatic N) is 6. The fourth-order valence-corrected chi connectivity index (χ4v) is 4.45. The molecule has 20 heteroatoms. The summed E-state index contributed by atoms with van der Waals surface area (Å²) in [5, 5.41) is 28.8. The Morgan fingerprint density at radius 3 is 1.65 bits per heavy atom. The Labute approximate surface area is 288 Å². The molecule has 0 radical (unpaired) electrons. The first-order chi connectivity index (χ1) is 22.1. The Balaban J connectivity index is 0.00000625. The van der Waals surface area contributed by atoms with Crippen molar-refractivity contribution in [3.8, 4) is 0 Å². The van der Waals surface area contributed by atoms with E-state index in [-0.39, 0.29) is 70.1 Å². The van der Waals surface area contributed by atoms with E-state index >= 15 is 0 Å². The van der Waals surface area contributed by atoms with Gasteiger partial charge >= 0.3 is 0 Å². The lowest BCUT2D eigenvalue weighted by atomic mass is 10.3. The molecular weight excluding hydrogens is 714 g/mol. The molecule has 0 aromatic carbocycles. The summed E-state index contributed by atoms with van der Waals surface area (Å²) in [5.41, 5.74) is 6.72. The number of nitrogens with one attached hydrogen (secondary N) is 6. The molecule has 5 amide bonds. The Kier molecular flexibility index (Phi) is 11.7. The van der Waals surface area contributed by atoms with E-state index in [0.29, 0.717) is 11.4 Å². The quantitative estimate of drug-likeness (QED) is 0.0640. The van der Waals surface area contributed by atoms with Gasteiger partial charge in [0.05, 0.1) is 21.7 Å². The van der Waals surface area contributed by atoms with Crippen LogP contribution < -0.4 is 32.3 Å². The molecule has 0 aliphatic heterocycles. The van der Waals surface area contributed by atoms with Gasteiger partial charge in [0.2, 0.25) is 0 Å². The van der Waals surface area contributed by atoms with E-state index in [0.717, 1.165) is 0 Å². The maximum atomic E-state index is 13.1. The van der Waals surface area contributed by atoms with Gasteiger partial charge in [-0.25, -0.2) is 0 Å². The predicted octanol–water partition coefficient (Wildman–Crippen LogP) is 1.91. The van der Waals surface area contributed by atoms with Gasteiger partial charge in [0.15, 0.2) is 11.6 Å². The lowest BCUT2D eigenvalue weighted by Crippen LogP contribution is -2.29. The molecule has 0 atom stereocenters. The monoisotopic (exact) mass is 745 g/mol. The summed E-state index contributed by atoms with van der Waals surface area (Å²) in [5.74, 6) is -2.33. The van der Waals surface area contributed by atoms with Crippen LogP contribution in [0.4, 0.5) is 23.0 Å². The van der Waals surface area contributed by atoms with Crippen LogP contribution in [0.2, 0.25) is 0 Å². The Bertz CT molecular complexity index is 1940. The van der Waals surface area contributed by atoms with Gasteiger partial charge in [0.25, 0.3) is 29.5 Å². The first-order valence-corrected chi connectivity index (χ1v) is 14.5. The zero-order valence-electron chi connectivity index (χ0n) is 26.2. The molecule has 8 N–H and O–H groups in total. The smallest absolute Gasteiger partial charge is 0.274 e. The molecule has 0 aliphatic carbocycles. The van der Waals surface area contributed by atoms with Crippen molar-refractivity contribution in [3.05, 3.63) is 70.5 Å². The average molecular weight is 747 g/mol. The van der Waals surface area contributed by atoms with Crippen molar-refractivity contribution in [2.75, 3.05) is 27.8 Å². The first kappa shape index (κ1) is 36.8. The number of amides is 5. The van der Waals surface area contributed by atoms with Crippen LogP contribution in [-0.4, -0.2) is 70.6 Å². The van der Waals surface area contributed by atoms with Crippen molar-refractivity contribution in [3.63, 3.8) is 0 Å². The van der Waals surface area contributed by atoms with Gasteiger partial charge in [0, 0.05) is 65.7 Å². The number of anilines is 4. The van der Waals surface area contributed by atoms with Crippen LogP contribution >= 0.6 is 28.3 Å². The molecule has 18 nitrogen and oxygen atoms in total. The highest BCUT2D eigenvalue weighted by molar-refractivity contribution is 9.12. The lowest BCUT2D eigenvalue weighted by molar-refractivity contribution is -0.112. The van der Waals surface area contributed by atoms with Crippen molar-refractivity contribution >= 4 is 86.7 Å². The van der Waals surface area contributed by atoms with E-state index < -0.39 is 29.5 Å². The van der Waals surface area contributed by atoms with E-state index in [1.807, 2.05) is 0 Å². The van der Waals surface area contributed by atoms with Crippen LogP contribution in [0, 0.1) is 5.41 Å². The van der Waals surface area contributed by atoms with E-state index in [2.05, 4.69) is 59.3 Å². The third-order valence-corrected chi connectivity index (χ3v) is 6.99. The maximum Gasteiger partial charge on any atom is 0.274 e. The number of amidine groups is 1. The number of rotatable bonds is 12. The second-order valence-corrected chi connectivity index (χ2v) is 11.2. The third-order valence-electron chi connectivity index (χ3n) is 6.63. The van der Waals surface area contributed by atoms with Crippen molar-refractivity contribution in [1.29, 1.82) is 5.41 Å². The van der Waals surface area contributed by atoms with Crippen LogP contribution in [0.25, 0.3) is 0 Å². The summed E-state index contributed by atoms with van der Waals surface area (Å²) in [7, 11) is 6.32. The summed E-state index contributed by atoms with van der Waals surface area (Å²) in [6.07, 6.45) is 3.29. The molecule has 0 saturated carbocycles. The van der Waals surface area contributed by atoms with E-state index in [9.17, 15) is 24.0 Å². The third kappa shape index (κ3) is 8.76. The fourth-order valence-electron chi connectivity index (χ4n) is 4.35. The van der Waals surface area contributed by atoms with Crippen LogP contribution in [-0.2, 0) is 33.0 Å². The molecular formula is C28H33BrClN13O5. The van der Waals surface area contributed by atoms with Gasteiger partial charge in [-0.15, -0.1) is 12.4 Å². The van der Waals surface area contributed by atoms with E-state index in [1.54, 1.807) is 27.3 Å². The summed E-state index contributed by atoms with van der Waals surface area (Å²) >= 11 is 3.00. The minimum Gasteiger partial charge on any atom is -0.388 e. The van der Waals surface area contributed by atoms with Crippen LogP contribution in [0.3, 0.4) is 0 Å². The number of hydrogen-bond acceptors (Lipinski definition) is 8. The number of nitrogens with two attached hydrogens (primary N) is 1. The Hall–Kier alpha value is -5.69. The highest BCUT2D eigenvalue weighted by Crippen LogP contribution is 2.19. The lowest BCUT2D eigenvalue weighted by Gasteiger charge is -2.03. The Morgan fingerprint density at radius 2 is 1.19 bits per heavy atom. The van der Waals surface area contributed by atoms with Crippen molar-refractivity contribution in [1.82, 2.24) is 34.0 Å². The molecule has 4 aromatic heterocycles. The van der Waals surface area contributed by atoms with Crippen molar-refractivity contribution < 1.29 is 24.0 Å². The second kappa shape index (κ2) is 15.3. The van der Waals surface area contributed by atoms with Crippen LogP contribution in [0.1, 0.15) is 48.4 Å². The molecule has 0 bridgehead atoms. The van der Waals surface area contributed by atoms with Crippen LogP contribution in [0.5, 0.6) is 0 Å². The molecule has 0 fully saturated rings. The number of carbonyl (C=O) groups excluding carboxylic acids is 5. The molecule has 4 rings (SSSR count). The number of carbonyl (C=O) groups is 5. The van der Waals surface area contributed by atoms with Gasteiger partial charge in [-0.05, 0) is 28.1 Å². The SMILES string of the molecule is C=C(Br)C(=O)Nc1cc(C(=O)Nc2cc(C(=O)Nc3cc(C(=O)Nc4cc(C(=O)NCCC(=N)N)n(C)n4)n(C)c3)n(C)n2)n(C)c1.Cl. The van der Waals surface area contributed by atoms with Crippen molar-refractivity contribution in [2.24, 2.45) is 33.9 Å². The topological polar surface area (TPSA) is 241 Å². The number of halogens is 2. The summed E-state index contributed by atoms with van der Waals surface area (Å²) < 4.78 is 5.74.